The maximum Gasteiger partial charge on any atom is 0.411 e. The Bertz CT molecular complexity index is 531. The van der Waals surface area contributed by atoms with Crippen LogP contribution in [0, 0.1) is 0 Å². The van der Waals surface area contributed by atoms with Gasteiger partial charge in [0.1, 0.15) is 12.0 Å². The standard InChI is InChI=1S/C16H20N2O3S/c19-14(13-7-4-8-17-13)15-18(9-10-22-15)16(20)21-11-12-5-2-1-3-6-12/h1-3,5-6,13,15,17H,4,7-11H2/t13-,15?/m1/s1. The average Bonchev–Trinajstić information content (AvgIpc) is 3.24. The van der Waals surface area contributed by atoms with E-state index in [0.717, 1.165) is 30.7 Å². The van der Waals surface area contributed by atoms with Crippen molar-refractivity contribution in [3.05, 3.63) is 35.9 Å². The number of ketones is 1. The molecule has 5 nitrogen and oxygen atoms in total. The first-order valence-corrected chi connectivity index (χ1v) is 8.66. The maximum absolute atomic E-state index is 12.5. The Balaban J connectivity index is 1.57. The Hall–Kier alpha value is -1.53. The number of hydrogen-bond donors (Lipinski definition) is 1. The first-order valence-electron chi connectivity index (χ1n) is 7.62. The predicted octanol–water partition coefficient (Wildman–Crippen LogP) is 2.02. The van der Waals surface area contributed by atoms with E-state index in [1.165, 1.54) is 11.8 Å². The van der Waals surface area contributed by atoms with Crippen LogP contribution < -0.4 is 5.32 Å². The fourth-order valence-electron chi connectivity index (χ4n) is 2.79. The van der Waals surface area contributed by atoms with E-state index in [0.29, 0.717) is 6.54 Å². The minimum absolute atomic E-state index is 0.108. The summed E-state index contributed by atoms with van der Waals surface area (Å²) >= 11 is 1.53. The second-order valence-corrected chi connectivity index (χ2v) is 6.70. The number of carbonyl (C=O) groups excluding carboxylic acids is 2. The number of ether oxygens (including phenoxy) is 1. The third kappa shape index (κ3) is 3.44. The molecule has 0 bridgehead atoms. The summed E-state index contributed by atoms with van der Waals surface area (Å²) in [5.41, 5.74) is 0.947. The lowest BCUT2D eigenvalue weighted by atomic mass is 10.1. The zero-order valence-electron chi connectivity index (χ0n) is 12.4. The monoisotopic (exact) mass is 320 g/mol. The van der Waals surface area contributed by atoms with Crippen LogP contribution in [0.3, 0.4) is 0 Å². The predicted molar refractivity (Wildman–Crippen MR) is 85.6 cm³/mol. The molecule has 2 saturated heterocycles. The Morgan fingerprint density at radius 2 is 2.14 bits per heavy atom. The molecule has 2 aliphatic heterocycles. The number of benzene rings is 1. The van der Waals surface area contributed by atoms with Crippen LogP contribution >= 0.6 is 11.8 Å². The SMILES string of the molecule is O=C(C1SCCN1C(=O)OCc1ccccc1)[C@H]1CCCN1. The number of hydrogen-bond acceptors (Lipinski definition) is 5. The molecule has 0 saturated carbocycles. The molecule has 2 fully saturated rings. The normalized spacial score (nSPS) is 24.5. The zero-order valence-corrected chi connectivity index (χ0v) is 13.2. The van der Waals surface area contributed by atoms with Crippen LogP contribution in [0.1, 0.15) is 18.4 Å². The molecule has 6 heteroatoms. The molecule has 1 N–H and O–H groups in total. The van der Waals surface area contributed by atoms with Crippen molar-refractivity contribution in [2.75, 3.05) is 18.8 Å². The first kappa shape index (κ1) is 15.4. The van der Waals surface area contributed by atoms with Gasteiger partial charge in [-0.2, -0.15) is 0 Å². The molecule has 22 heavy (non-hydrogen) atoms. The molecule has 0 spiro atoms. The van der Waals surface area contributed by atoms with Crippen LogP contribution in [0.15, 0.2) is 30.3 Å². The second-order valence-electron chi connectivity index (χ2n) is 5.51. The van der Waals surface area contributed by atoms with Crippen LogP contribution in [0.25, 0.3) is 0 Å². The van der Waals surface area contributed by atoms with Crippen molar-refractivity contribution < 1.29 is 14.3 Å². The van der Waals surface area contributed by atoms with Crippen molar-refractivity contribution in [3.8, 4) is 0 Å². The van der Waals surface area contributed by atoms with E-state index in [9.17, 15) is 9.59 Å². The summed E-state index contributed by atoms with van der Waals surface area (Å²) in [7, 11) is 0. The van der Waals surface area contributed by atoms with Gasteiger partial charge in [0.25, 0.3) is 0 Å². The van der Waals surface area contributed by atoms with Crippen molar-refractivity contribution in [1.29, 1.82) is 0 Å². The fraction of sp³-hybridized carbons (Fsp3) is 0.500. The fourth-order valence-corrected chi connectivity index (χ4v) is 4.02. The van der Waals surface area contributed by atoms with Gasteiger partial charge < -0.3 is 10.1 Å². The van der Waals surface area contributed by atoms with Crippen molar-refractivity contribution in [1.82, 2.24) is 10.2 Å². The van der Waals surface area contributed by atoms with E-state index in [1.807, 2.05) is 30.3 Å². The van der Waals surface area contributed by atoms with E-state index < -0.39 is 11.5 Å². The summed E-state index contributed by atoms with van der Waals surface area (Å²) in [6.07, 6.45) is 1.49. The Morgan fingerprint density at radius 3 is 2.86 bits per heavy atom. The third-order valence-corrected chi connectivity index (χ3v) is 5.20. The molecule has 1 aromatic carbocycles. The van der Waals surface area contributed by atoms with Crippen molar-refractivity contribution >= 4 is 23.6 Å². The van der Waals surface area contributed by atoms with Gasteiger partial charge in [-0.1, -0.05) is 30.3 Å². The average molecular weight is 320 g/mol. The summed E-state index contributed by atoms with van der Waals surface area (Å²) in [4.78, 5) is 26.3. The van der Waals surface area contributed by atoms with Gasteiger partial charge in [0, 0.05) is 12.3 Å². The van der Waals surface area contributed by atoms with E-state index in [-0.39, 0.29) is 18.4 Å². The van der Waals surface area contributed by atoms with E-state index in [4.69, 9.17) is 4.74 Å². The molecule has 118 valence electrons. The summed E-state index contributed by atoms with van der Waals surface area (Å²) in [6, 6.07) is 9.46. The summed E-state index contributed by atoms with van der Waals surface area (Å²) < 4.78 is 5.36. The van der Waals surface area contributed by atoms with Gasteiger partial charge >= 0.3 is 6.09 Å². The molecular weight excluding hydrogens is 300 g/mol. The molecule has 2 atom stereocenters. The van der Waals surface area contributed by atoms with Crippen LogP contribution in [0.4, 0.5) is 4.79 Å². The van der Waals surface area contributed by atoms with Crippen LogP contribution in [-0.2, 0) is 16.1 Å². The molecule has 2 aliphatic rings. The highest BCUT2D eigenvalue weighted by atomic mass is 32.2. The van der Waals surface area contributed by atoms with Crippen molar-refractivity contribution in [2.24, 2.45) is 0 Å². The quantitative estimate of drug-likeness (QED) is 0.920. The highest BCUT2D eigenvalue weighted by Crippen LogP contribution is 2.27. The van der Waals surface area contributed by atoms with Gasteiger partial charge in [-0.15, -0.1) is 11.8 Å². The van der Waals surface area contributed by atoms with Crippen LogP contribution in [0.2, 0.25) is 0 Å². The smallest absolute Gasteiger partial charge is 0.411 e. The summed E-state index contributed by atoms with van der Waals surface area (Å²) in [5.74, 6) is 0.889. The highest BCUT2D eigenvalue weighted by molar-refractivity contribution is 8.00. The molecule has 0 radical (unpaired) electrons. The molecular formula is C16H20N2O3S. The minimum Gasteiger partial charge on any atom is -0.445 e. The Kier molecular flexibility index (Phi) is 5.00. The first-order chi connectivity index (χ1) is 10.8. The van der Waals surface area contributed by atoms with E-state index in [1.54, 1.807) is 4.90 Å². The molecule has 0 aliphatic carbocycles. The summed E-state index contributed by atoms with van der Waals surface area (Å²) in [6.45, 7) is 1.69. The lowest BCUT2D eigenvalue weighted by Gasteiger charge is -2.24. The van der Waals surface area contributed by atoms with Gasteiger partial charge in [-0.05, 0) is 24.9 Å². The maximum atomic E-state index is 12.5. The van der Waals surface area contributed by atoms with E-state index >= 15 is 0 Å². The van der Waals surface area contributed by atoms with Gasteiger partial charge in [-0.3, -0.25) is 9.69 Å². The van der Waals surface area contributed by atoms with Crippen LogP contribution in [-0.4, -0.2) is 47.0 Å². The lowest BCUT2D eigenvalue weighted by Crippen LogP contribution is -2.46. The third-order valence-electron chi connectivity index (χ3n) is 3.98. The van der Waals surface area contributed by atoms with Crippen molar-refractivity contribution in [3.63, 3.8) is 0 Å². The molecule has 1 unspecified atom stereocenters. The van der Waals surface area contributed by atoms with Crippen molar-refractivity contribution in [2.45, 2.75) is 30.9 Å². The van der Waals surface area contributed by atoms with Gasteiger partial charge in [-0.25, -0.2) is 4.79 Å². The van der Waals surface area contributed by atoms with Gasteiger partial charge in [0.15, 0.2) is 5.78 Å². The summed E-state index contributed by atoms with van der Waals surface area (Å²) in [5, 5.41) is 2.81. The number of amides is 1. The minimum atomic E-state index is -0.404. The lowest BCUT2D eigenvalue weighted by molar-refractivity contribution is -0.122. The van der Waals surface area contributed by atoms with Gasteiger partial charge in [0.2, 0.25) is 0 Å². The molecule has 1 amide bonds. The number of nitrogens with one attached hydrogen (secondary N) is 1. The van der Waals surface area contributed by atoms with E-state index in [2.05, 4.69) is 5.32 Å². The molecule has 1 aromatic rings. The molecule has 3 rings (SSSR count). The van der Waals surface area contributed by atoms with Crippen LogP contribution in [0.5, 0.6) is 0 Å². The van der Waals surface area contributed by atoms with Gasteiger partial charge in [0.05, 0.1) is 6.04 Å². The number of thioether (sulfide) groups is 1. The molecule has 2 heterocycles. The Morgan fingerprint density at radius 1 is 1.32 bits per heavy atom. The number of carbonyl (C=O) groups is 2. The largest absolute Gasteiger partial charge is 0.445 e. The highest BCUT2D eigenvalue weighted by Gasteiger charge is 2.39. The Labute approximate surface area is 134 Å². The number of nitrogens with zero attached hydrogens (tertiary/aromatic N) is 1. The zero-order chi connectivity index (χ0) is 15.4. The number of rotatable bonds is 4. The molecule has 0 aromatic heterocycles. The number of Topliss-reactive ketones (excluding diaryl/α,β-unsaturated/α-hetero) is 1. The topological polar surface area (TPSA) is 58.6 Å². The second kappa shape index (κ2) is 7.15.